The van der Waals surface area contributed by atoms with Crippen molar-refractivity contribution in [1.29, 1.82) is 0 Å². The van der Waals surface area contributed by atoms with Crippen molar-refractivity contribution in [3.8, 4) is 0 Å². The summed E-state index contributed by atoms with van der Waals surface area (Å²) in [5, 5.41) is 0. The smallest absolute Gasteiger partial charge is 0.255 e. The number of carbonyl (C=O) groups is 1. The molecule has 4 heteroatoms. The zero-order chi connectivity index (χ0) is 12.4. The molecule has 1 aliphatic heterocycles. The molecule has 92 valence electrons. The molecule has 0 radical (unpaired) electrons. The molecule has 0 aliphatic carbocycles. The lowest BCUT2D eigenvalue weighted by atomic mass is 10.0. The Kier molecular flexibility index (Phi) is 3.43. The summed E-state index contributed by atoms with van der Waals surface area (Å²) in [5.74, 6) is 0.0603. The van der Waals surface area contributed by atoms with E-state index in [0.717, 1.165) is 30.8 Å². The molecule has 0 aromatic carbocycles. The van der Waals surface area contributed by atoms with Crippen molar-refractivity contribution in [1.82, 2.24) is 9.88 Å². The zero-order valence-corrected chi connectivity index (χ0v) is 10.4. The van der Waals surface area contributed by atoms with Crippen LogP contribution in [0.2, 0.25) is 0 Å². The number of aromatic nitrogens is 1. The molecule has 0 saturated carbocycles. The number of amides is 1. The van der Waals surface area contributed by atoms with E-state index >= 15 is 0 Å². The molecule has 1 aliphatic rings. The zero-order valence-electron chi connectivity index (χ0n) is 10.4. The van der Waals surface area contributed by atoms with Gasteiger partial charge in [0.15, 0.2) is 0 Å². The van der Waals surface area contributed by atoms with Gasteiger partial charge in [0.2, 0.25) is 0 Å². The van der Waals surface area contributed by atoms with Crippen molar-refractivity contribution in [3.05, 3.63) is 29.1 Å². The van der Waals surface area contributed by atoms with Crippen molar-refractivity contribution < 1.29 is 4.79 Å². The van der Waals surface area contributed by atoms with Crippen LogP contribution in [0.15, 0.2) is 12.1 Å². The molecular weight excluding hydrogens is 214 g/mol. The van der Waals surface area contributed by atoms with Gasteiger partial charge in [-0.15, -0.1) is 0 Å². The summed E-state index contributed by atoms with van der Waals surface area (Å²) in [6.07, 6.45) is 2.00. The molecular formula is C13H19N3O. The molecule has 4 nitrogen and oxygen atoms in total. The summed E-state index contributed by atoms with van der Waals surface area (Å²) >= 11 is 0. The number of hydrogen-bond acceptors (Lipinski definition) is 3. The fraction of sp³-hybridized carbons (Fsp3) is 0.538. The number of pyridine rings is 1. The van der Waals surface area contributed by atoms with E-state index < -0.39 is 0 Å². The minimum atomic E-state index is 0.0603. The van der Waals surface area contributed by atoms with Gasteiger partial charge in [0.1, 0.15) is 0 Å². The predicted octanol–water partition coefficient (Wildman–Crippen LogP) is 1.26. The van der Waals surface area contributed by atoms with Crippen molar-refractivity contribution in [3.63, 3.8) is 0 Å². The molecule has 0 spiro atoms. The summed E-state index contributed by atoms with van der Waals surface area (Å²) in [4.78, 5) is 18.5. The highest BCUT2D eigenvalue weighted by Crippen LogP contribution is 2.14. The molecule has 2 N–H and O–H groups in total. The van der Waals surface area contributed by atoms with E-state index in [4.69, 9.17) is 5.73 Å². The average molecular weight is 233 g/mol. The number of likely N-dealkylation sites (tertiary alicyclic amines) is 1. The van der Waals surface area contributed by atoms with E-state index in [9.17, 15) is 4.79 Å². The molecule has 1 amide bonds. The Hall–Kier alpha value is -1.42. The Morgan fingerprint density at radius 1 is 1.47 bits per heavy atom. The van der Waals surface area contributed by atoms with Crippen molar-refractivity contribution in [2.24, 2.45) is 5.73 Å². The molecule has 0 bridgehead atoms. The topological polar surface area (TPSA) is 59.2 Å². The summed E-state index contributed by atoms with van der Waals surface area (Å²) in [6, 6.07) is 3.86. The largest absolute Gasteiger partial charge is 0.337 e. The highest BCUT2D eigenvalue weighted by atomic mass is 16.2. The SMILES string of the molecule is Cc1ccc(C(=O)N2CCCC(N)C2)c(C)n1. The van der Waals surface area contributed by atoms with Crippen LogP contribution >= 0.6 is 0 Å². The summed E-state index contributed by atoms with van der Waals surface area (Å²) in [6.45, 7) is 5.27. The molecule has 1 aromatic heterocycles. The first-order valence-electron chi connectivity index (χ1n) is 6.07. The number of rotatable bonds is 1. The molecule has 2 heterocycles. The van der Waals surface area contributed by atoms with E-state index in [-0.39, 0.29) is 11.9 Å². The monoisotopic (exact) mass is 233 g/mol. The van der Waals surface area contributed by atoms with Crippen LogP contribution in [0.1, 0.15) is 34.6 Å². The highest BCUT2D eigenvalue weighted by Gasteiger charge is 2.23. The van der Waals surface area contributed by atoms with Gasteiger partial charge in [0, 0.05) is 24.8 Å². The number of aryl methyl sites for hydroxylation is 2. The van der Waals surface area contributed by atoms with Crippen molar-refractivity contribution in [2.75, 3.05) is 13.1 Å². The normalized spacial score (nSPS) is 20.4. The molecule has 1 atom stereocenters. The van der Waals surface area contributed by atoms with Crippen LogP contribution in [0, 0.1) is 13.8 Å². The Morgan fingerprint density at radius 3 is 2.88 bits per heavy atom. The van der Waals surface area contributed by atoms with E-state index in [1.165, 1.54) is 0 Å². The van der Waals surface area contributed by atoms with Gasteiger partial charge in [-0.3, -0.25) is 9.78 Å². The van der Waals surface area contributed by atoms with Gasteiger partial charge in [-0.1, -0.05) is 0 Å². The van der Waals surface area contributed by atoms with Crippen LogP contribution in [0.3, 0.4) is 0 Å². The first-order chi connectivity index (χ1) is 8.08. The first kappa shape index (κ1) is 12.0. The molecule has 1 aromatic rings. The molecule has 2 rings (SSSR count). The first-order valence-corrected chi connectivity index (χ1v) is 6.07. The predicted molar refractivity (Wildman–Crippen MR) is 66.8 cm³/mol. The fourth-order valence-electron chi connectivity index (χ4n) is 2.28. The van der Waals surface area contributed by atoms with Crippen LogP contribution in [0.4, 0.5) is 0 Å². The second-order valence-electron chi connectivity index (χ2n) is 4.74. The molecule has 17 heavy (non-hydrogen) atoms. The maximum absolute atomic E-state index is 12.3. The van der Waals surface area contributed by atoms with Crippen LogP contribution in [0.25, 0.3) is 0 Å². The fourth-order valence-corrected chi connectivity index (χ4v) is 2.28. The van der Waals surface area contributed by atoms with Crippen LogP contribution in [-0.4, -0.2) is 34.9 Å². The van der Waals surface area contributed by atoms with Gasteiger partial charge in [0.05, 0.1) is 11.3 Å². The summed E-state index contributed by atoms with van der Waals surface area (Å²) in [5.41, 5.74) is 8.33. The number of nitrogens with zero attached hydrogens (tertiary/aromatic N) is 2. The number of nitrogens with two attached hydrogens (primary N) is 1. The summed E-state index contributed by atoms with van der Waals surface area (Å²) < 4.78 is 0. The number of piperidine rings is 1. The van der Waals surface area contributed by atoms with Gasteiger partial charge in [-0.2, -0.15) is 0 Å². The number of hydrogen-bond donors (Lipinski definition) is 1. The third kappa shape index (κ3) is 2.64. The van der Waals surface area contributed by atoms with Crippen LogP contribution < -0.4 is 5.73 Å². The van der Waals surface area contributed by atoms with Gasteiger partial charge in [-0.25, -0.2) is 0 Å². The Labute approximate surface area is 102 Å². The summed E-state index contributed by atoms with van der Waals surface area (Å²) in [7, 11) is 0. The standard InChI is InChI=1S/C13H19N3O/c1-9-5-6-12(10(2)15-9)13(17)16-7-3-4-11(14)8-16/h5-6,11H,3-4,7-8,14H2,1-2H3. The van der Waals surface area contributed by atoms with Crippen LogP contribution in [-0.2, 0) is 0 Å². The molecule has 1 fully saturated rings. The number of carbonyl (C=O) groups excluding carboxylic acids is 1. The maximum atomic E-state index is 12.3. The van der Waals surface area contributed by atoms with Crippen molar-refractivity contribution in [2.45, 2.75) is 32.7 Å². The van der Waals surface area contributed by atoms with Crippen molar-refractivity contribution >= 4 is 5.91 Å². The minimum absolute atomic E-state index is 0.0603. The van der Waals surface area contributed by atoms with Crippen LogP contribution in [0.5, 0.6) is 0 Å². The van der Waals surface area contributed by atoms with Gasteiger partial charge in [-0.05, 0) is 38.8 Å². The van der Waals surface area contributed by atoms with E-state index in [0.29, 0.717) is 12.1 Å². The second kappa shape index (κ2) is 4.84. The van der Waals surface area contributed by atoms with E-state index in [1.807, 2.05) is 30.9 Å². The lowest BCUT2D eigenvalue weighted by Gasteiger charge is -2.31. The molecule has 1 unspecified atom stereocenters. The Morgan fingerprint density at radius 2 is 2.24 bits per heavy atom. The van der Waals surface area contributed by atoms with Gasteiger partial charge < -0.3 is 10.6 Å². The highest BCUT2D eigenvalue weighted by molar-refractivity contribution is 5.95. The Balaban J connectivity index is 2.18. The minimum Gasteiger partial charge on any atom is -0.337 e. The van der Waals surface area contributed by atoms with Gasteiger partial charge in [0.25, 0.3) is 5.91 Å². The average Bonchev–Trinajstić information content (AvgIpc) is 2.28. The third-order valence-corrected chi connectivity index (χ3v) is 3.20. The van der Waals surface area contributed by atoms with E-state index in [1.54, 1.807) is 0 Å². The Bertz CT molecular complexity index is 431. The van der Waals surface area contributed by atoms with E-state index in [2.05, 4.69) is 4.98 Å². The molecule has 1 saturated heterocycles. The quantitative estimate of drug-likeness (QED) is 0.794. The lowest BCUT2D eigenvalue weighted by molar-refractivity contribution is 0.0707. The second-order valence-corrected chi connectivity index (χ2v) is 4.74. The maximum Gasteiger partial charge on any atom is 0.255 e. The van der Waals surface area contributed by atoms with Gasteiger partial charge >= 0.3 is 0 Å². The third-order valence-electron chi connectivity index (χ3n) is 3.20. The lowest BCUT2D eigenvalue weighted by Crippen LogP contribution is -2.45.